The predicted molar refractivity (Wildman–Crippen MR) is 223 cm³/mol. The first-order valence-corrected chi connectivity index (χ1v) is 18.6. The van der Waals surface area contributed by atoms with Gasteiger partial charge in [0.05, 0.1) is 0 Å². The Morgan fingerprint density at radius 2 is 0.849 bits per heavy atom. The second-order valence-electron chi connectivity index (χ2n) is 13.2. The van der Waals surface area contributed by atoms with Crippen molar-refractivity contribution in [1.29, 1.82) is 0 Å². The molecule has 0 aliphatic rings. The summed E-state index contributed by atoms with van der Waals surface area (Å²) in [4.78, 5) is 15.1. The smallest absolute Gasteiger partial charge is 0.164 e. The second kappa shape index (κ2) is 13.1. The Morgan fingerprint density at radius 1 is 0.302 bits per heavy atom. The van der Waals surface area contributed by atoms with E-state index in [-0.39, 0.29) is 0 Å². The fourth-order valence-electron chi connectivity index (χ4n) is 7.31. The fraction of sp³-hybridized carbons (Fsp3) is 0. The van der Waals surface area contributed by atoms with Crippen molar-refractivity contribution in [1.82, 2.24) is 15.0 Å². The lowest BCUT2D eigenvalue weighted by molar-refractivity contribution is 1.08. The van der Waals surface area contributed by atoms with Gasteiger partial charge in [0, 0.05) is 36.9 Å². The Balaban J connectivity index is 1.06. The molecule has 10 aromatic rings. The van der Waals surface area contributed by atoms with Crippen LogP contribution in [0.15, 0.2) is 188 Å². The van der Waals surface area contributed by atoms with Gasteiger partial charge in [-0.3, -0.25) is 0 Å². The highest BCUT2D eigenvalue weighted by Crippen LogP contribution is 2.42. The minimum atomic E-state index is 0.661. The summed E-state index contributed by atoms with van der Waals surface area (Å²) in [6.45, 7) is 0. The topological polar surface area (TPSA) is 38.7 Å². The number of benzene rings is 8. The van der Waals surface area contributed by atoms with Crippen LogP contribution >= 0.6 is 11.3 Å². The molecule has 2 heterocycles. The first-order valence-electron chi connectivity index (χ1n) is 17.8. The summed E-state index contributed by atoms with van der Waals surface area (Å²) >= 11 is 1.80. The molecule has 53 heavy (non-hydrogen) atoms. The van der Waals surface area contributed by atoms with E-state index < -0.39 is 0 Å². The maximum atomic E-state index is 5.08. The van der Waals surface area contributed by atoms with Gasteiger partial charge in [-0.15, -0.1) is 11.3 Å². The van der Waals surface area contributed by atoms with E-state index in [0.717, 1.165) is 16.7 Å². The summed E-state index contributed by atoms with van der Waals surface area (Å²) in [7, 11) is 0. The quantitative estimate of drug-likeness (QED) is 0.174. The number of hydrogen-bond donors (Lipinski definition) is 0. The van der Waals surface area contributed by atoms with E-state index in [0.29, 0.717) is 17.5 Å². The van der Waals surface area contributed by atoms with Crippen LogP contribution in [0.3, 0.4) is 0 Å². The number of hydrogen-bond acceptors (Lipinski definition) is 4. The number of aromatic nitrogens is 3. The van der Waals surface area contributed by atoms with Crippen molar-refractivity contribution in [3.8, 4) is 67.5 Å². The van der Waals surface area contributed by atoms with Crippen LogP contribution in [-0.2, 0) is 0 Å². The molecule has 0 amide bonds. The lowest BCUT2D eigenvalue weighted by atomic mass is 9.92. The van der Waals surface area contributed by atoms with E-state index in [4.69, 9.17) is 15.0 Å². The van der Waals surface area contributed by atoms with Gasteiger partial charge < -0.3 is 0 Å². The van der Waals surface area contributed by atoms with Crippen molar-refractivity contribution in [2.45, 2.75) is 0 Å². The van der Waals surface area contributed by atoms with E-state index in [9.17, 15) is 0 Å². The van der Waals surface area contributed by atoms with Crippen LogP contribution in [0.2, 0.25) is 0 Å². The normalized spacial score (nSPS) is 11.4. The third-order valence-electron chi connectivity index (χ3n) is 9.95. The third-order valence-corrected chi connectivity index (χ3v) is 11.1. The molecule has 8 aromatic carbocycles. The molecule has 0 fully saturated rings. The summed E-state index contributed by atoms with van der Waals surface area (Å²) in [6.07, 6.45) is 0. The lowest BCUT2D eigenvalue weighted by Gasteiger charge is -2.12. The molecule has 0 spiro atoms. The van der Waals surface area contributed by atoms with Crippen LogP contribution in [-0.4, -0.2) is 15.0 Å². The van der Waals surface area contributed by atoms with Gasteiger partial charge in [-0.05, 0) is 68.4 Å². The molecule has 0 unspecified atom stereocenters. The van der Waals surface area contributed by atoms with Crippen LogP contribution in [0.5, 0.6) is 0 Å². The van der Waals surface area contributed by atoms with Gasteiger partial charge in [0.15, 0.2) is 17.5 Å². The Hall–Kier alpha value is -6.75. The third kappa shape index (κ3) is 5.76. The molecule has 10 rings (SSSR count). The average Bonchev–Trinajstić information content (AvgIpc) is 3.62. The van der Waals surface area contributed by atoms with E-state index >= 15 is 0 Å². The van der Waals surface area contributed by atoms with Gasteiger partial charge in [-0.1, -0.05) is 164 Å². The predicted octanol–water partition coefficient (Wildman–Crippen LogP) is 13.4. The molecule has 3 nitrogen and oxygen atoms in total. The molecule has 0 saturated carbocycles. The molecule has 248 valence electrons. The zero-order valence-electron chi connectivity index (χ0n) is 28.6. The second-order valence-corrected chi connectivity index (χ2v) is 14.3. The minimum absolute atomic E-state index is 0.661. The SMILES string of the molecule is c1ccc(-c2nc(-c3ccccc3)nc(-c3cccc4sc5ccc(-c6ccc(-c7ccccc7-c7ccc8ccccc8c7)cc6)cc5c34)n2)cc1. The highest BCUT2D eigenvalue weighted by atomic mass is 32.1. The number of rotatable bonds is 6. The average molecular weight is 694 g/mol. The van der Waals surface area contributed by atoms with Crippen LogP contribution in [0.1, 0.15) is 0 Å². The summed E-state index contributed by atoms with van der Waals surface area (Å²) in [5.74, 6) is 1.99. The molecule has 0 radical (unpaired) electrons. The van der Waals surface area contributed by atoms with Crippen molar-refractivity contribution in [2.75, 3.05) is 0 Å². The monoisotopic (exact) mass is 693 g/mol. The Kier molecular flexibility index (Phi) is 7.67. The van der Waals surface area contributed by atoms with Crippen molar-refractivity contribution >= 4 is 42.3 Å². The molecule has 0 saturated heterocycles. The van der Waals surface area contributed by atoms with E-state index in [1.807, 2.05) is 60.7 Å². The van der Waals surface area contributed by atoms with Gasteiger partial charge in [-0.2, -0.15) is 0 Å². The summed E-state index contributed by atoms with van der Waals surface area (Å²) < 4.78 is 2.44. The fourth-order valence-corrected chi connectivity index (χ4v) is 8.42. The van der Waals surface area contributed by atoms with Gasteiger partial charge in [0.1, 0.15) is 0 Å². The highest BCUT2D eigenvalue weighted by Gasteiger charge is 2.18. The number of fused-ring (bicyclic) bond motifs is 4. The molecule has 0 N–H and O–H groups in total. The molecule has 4 heteroatoms. The molecule has 2 aromatic heterocycles. The first-order chi connectivity index (χ1) is 26.2. The molecule has 0 bridgehead atoms. The van der Waals surface area contributed by atoms with Crippen molar-refractivity contribution in [3.63, 3.8) is 0 Å². The molecule has 0 aliphatic carbocycles. The Morgan fingerprint density at radius 3 is 1.57 bits per heavy atom. The first kappa shape index (κ1) is 31.0. The zero-order chi connectivity index (χ0) is 35.1. The maximum absolute atomic E-state index is 5.08. The Labute approximate surface area is 311 Å². The van der Waals surface area contributed by atoms with E-state index in [2.05, 4.69) is 127 Å². The van der Waals surface area contributed by atoms with E-state index in [1.165, 1.54) is 64.3 Å². The van der Waals surface area contributed by atoms with Crippen LogP contribution in [0.25, 0.3) is 98.5 Å². The summed E-state index contributed by atoms with van der Waals surface area (Å²) in [5, 5.41) is 4.87. The molecular formula is C49H31N3S. The van der Waals surface area contributed by atoms with Crippen LogP contribution in [0, 0.1) is 0 Å². The molecule has 0 aliphatic heterocycles. The highest BCUT2D eigenvalue weighted by molar-refractivity contribution is 7.26. The van der Waals surface area contributed by atoms with Crippen molar-refractivity contribution < 1.29 is 0 Å². The van der Waals surface area contributed by atoms with Gasteiger partial charge in [-0.25, -0.2) is 15.0 Å². The minimum Gasteiger partial charge on any atom is -0.208 e. The number of thiophene rings is 1. The van der Waals surface area contributed by atoms with Crippen LogP contribution < -0.4 is 0 Å². The van der Waals surface area contributed by atoms with Gasteiger partial charge in [0.2, 0.25) is 0 Å². The van der Waals surface area contributed by atoms with Crippen molar-refractivity contribution in [2.24, 2.45) is 0 Å². The Bertz CT molecular complexity index is 2870. The zero-order valence-corrected chi connectivity index (χ0v) is 29.5. The molecule has 0 atom stereocenters. The number of nitrogens with zero attached hydrogens (tertiary/aromatic N) is 3. The largest absolute Gasteiger partial charge is 0.208 e. The van der Waals surface area contributed by atoms with Crippen LogP contribution in [0.4, 0.5) is 0 Å². The van der Waals surface area contributed by atoms with Crippen molar-refractivity contribution in [3.05, 3.63) is 188 Å². The lowest BCUT2D eigenvalue weighted by Crippen LogP contribution is -2.00. The molecular weight excluding hydrogens is 663 g/mol. The van der Waals surface area contributed by atoms with Gasteiger partial charge >= 0.3 is 0 Å². The maximum Gasteiger partial charge on any atom is 0.164 e. The summed E-state index contributed by atoms with van der Waals surface area (Å²) in [5.41, 5.74) is 10.1. The van der Waals surface area contributed by atoms with Gasteiger partial charge in [0.25, 0.3) is 0 Å². The van der Waals surface area contributed by atoms with E-state index in [1.54, 1.807) is 11.3 Å². The standard InChI is InChI=1S/C49H31N3S/c1-3-13-35(14-4-1)47-50-48(36-15-5-2-6-16-36)52-49(51-47)42-20-11-21-45-46(42)43-31-38(28-29-44(43)53-45)33-22-25-34(26-23-33)40-18-9-10-19-41(40)39-27-24-32-12-7-8-17-37(32)30-39/h1-31H. The summed E-state index contributed by atoms with van der Waals surface area (Å²) in [6, 6.07) is 66.5.